The van der Waals surface area contributed by atoms with E-state index in [0.29, 0.717) is 11.1 Å². The number of carbonyl (C=O) groups is 1. The molecule has 0 saturated heterocycles. The second kappa shape index (κ2) is 5.44. The first-order valence-electron chi connectivity index (χ1n) is 6.71. The Balaban J connectivity index is 1.90. The first-order chi connectivity index (χ1) is 10.6. The number of hydrogen-bond acceptors (Lipinski definition) is 5. The van der Waals surface area contributed by atoms with Gasteiger partial charge in [-0.1, -0.05) is 23.4 Å². The van der Waals surface area contributed by atoms with Gasteiger partial charge in [-0.15, -0.1) is 0 Å². The zero-order valence-corrected chi connectivity index (χ0v) is 12.2. The highest BCUT2D eigenvalue weighted by molar-refractivity contribution is 5.92. The van der Waals surface area contributed by atoms with E-state index in [2.05, 4.69) is 10.1 Å². The number of nitrogens with zero attached hydrogens (tertiary/aromatic N) is 4. The molecule has 0 N–H and O–H groups in total. The lowest BCUT2D eigenvalue weighted by Crippen LogP contribution is -2.34. The molecule has 2 aromatic heterocycles. The molecule has 0 aliphatic carbocycles. The monoisotopic (exact) mass is 298 g/mol. The van der Waals surface area contributed by atoms with Crippen molar-refractivity contribution in [3.8, 4) is 0 Å². The Kier molecular flexibility index (Phi) is 3.46. The molecule has 0 fully saturated rings. The number of para-hydroxylation sites is 1. The Morgan fingerprint density at radius 2 is 2.05 bits per heavy atom. The molecule has 22 heavy (non-hydrogen) atoms. The molecular weight excluding hydrogens is 284 g/mol. The molecule has 112 valence electrons. The number of amides is 1. The first kappa shape index (κ1) is 14.0. The fraction of sp³-hybridized carbons (Fsp3) is 0.200. The summed E-state index contributed by atoms with van der Waals surface area (Å²) in [5.41, 5.74) is 1.07. The molecule has 0 atom stereocenters. The molecule has 7 heteroatoms. The molecule has 0 aliphatic rings. The number of likely N-dealkylation sites (N-methyl/N-ethyl adjacent to an activating group) is 1. The van der Waals surface area contributed by atoms with Crippen LogP contribution in [0.4, 0.5) is 5.69 Å². The van der Waals surface area contributed by atoms with Crippen molar-refractivity contribution in [3.63, 3.8) is 0 Å². The number of anilines is 1. The fourth-order valence-corrected chi connectivity index (χ4v) is 2.17. The number of fused-ring (bicyclic) bond motifs is 1. The molecule has 3 rings (SSSR count). The zero-order chi connectivity index (χ0) is 15.7. The number of rotatable bonds is 3. The lowest BCUT2D eigenvalue weighted by Gasteiger charge is -2.17. The van der Waals surface area contributed by atoms with Crippen LogP contribution >= 0.6 is 0 Å². The highest BCUT2D eigenvalue weighted by Crippen LogP contribution is 2.12. The number of hydrogen-bond donors (Lipinski definition) is 0. The highest BCUT2D eigenvalue weighted by Gasteiger charge is 2.16. The molecular formula is C15H14N4O3. The Bertz CT molecular complexity index is 883. The smallest absolute Gasteiger partial charge is 0.267 e. The maximum absolute atomic E-state index is 12.4. The van der Waals surface area contributed by atoms with E-state index in [9.17, 15) is 9.59 Å². The van der Waals surface area contributed by atoms with Gasteiger partial charge in [0.05, 0.1) is 5.69 Å². The van der Waals surface area contributed by atoms with Gasteiger partial charge in [0.15, 0.2) is 0 Å². The summed E-state index contributed by atoms with van der Waals surface area (Å²) in [4.78, 5) is 30.2. The van der Waals surface area contributed by atoms with E-state index in [-0.39, 0.29) is 23.7 Å². The van der Waals surface area contributed by atoms with E-state index in [1.807, 2.05) is 30.3 Å². The largest absolute Gasteiger partial charge is 0.335 e. The Labute approximate surface area is 125 Å². The minimum absolute atomic E-state index is 0.0994. The minimum atomic E-state index is -0.335. The third-order valence-electron chi connectivity index (χ3n) is 3.46. The van der Waals surface area contributed by atoms with E-state index in [1.54, 1.807) is 14.0 Å². The standard InChI is InChI=1S/C15H14N4O3/c1-10-13-14(22-17-10)16-9-19(15(13)21)8-12(20)18(2)11-6-4-3-5-7-11/h3-7,9H,8H2,1-2H3. The van der Waals surface area contributed by atoms with Crippen molar-refractivity contribution in [1.82, 2.24) is 14.7 Å². The normalized spacial score (nSPS) is 10.8. The number of carbonyl (C=O) groups excluding carboxylic acids is 1. The van der Waals surface area contributed by atoms with Crippen LogP contribution in [0.2, 0.25) is 0 Å². The highest BCUT2D eigenvalue weighted by atomic mass is 16.5. The summed E-state index contributed by atoms with van der Waals surface area (Å²) in [5, 5.41) is 4.02. The summed E-state index contributed by atoms with van der Waals surface area (Å²) in [6.07, 6.45) is 1.30. The predicted molar refractivity (Wildman–Crippen MR) is 80.7 cm³/mol. The molecule has 2 heterocycles. The third-order valence-corrected chi connectivity index (χ3v) is 3.46. The second-order valence-corrected chi connectivity index (χ2v) is 4.91. The summed E-state index contributed by atoms with van der Waals surface area (Å²) in [7, 11) is 1.67. The molecule has 0 spiro atoms. The molecule has 0 radical (unpaired) electrons. The van der Waals surface area contributed by atoms with Crippen LogP contribution in [0.1, 0.15) is 5.69 Å². The molecule has 1 amide bonds. The van der Waals surface area contributed by atoms with Crippen LogP contribution in [-0.2, 0) is 11.3 Å². The number of benzene rings is 1. The van der Waals surface area contributed by atoms with Gasteiger partial charge in [-0.2, -0.15) is 0 Å². The average molecular weight is 298 g/mol. The number of aryl methyl sites for hydroxylation is 1. The average Bonchev–Trinajstić information content (AvgIpc) is 2.92. The Morgan fingerprint density at radius 1 is 1.32 bits per heavy atom. The Morgan fingerprint density at radius 3 is 2.77 bits per heavy atom. The van der Waals surface area contributed by atoms with Gasteiger partial charge in [0.2, 0.25) is 5.91 Å². The molecule has 3 aromatic rings. The summed E-state index contributed by atoms with van der Waals surface area (Å²) < 4.78 is 6.19. The van der Waals surface area contributed by atoms with Gasteiger partial charge in [0, 0.05) is 12.7 Å². The fourth-order valence-electron chi connectivity index (χ4n) is 2.17. The van der Waals surface area contributed by atoms with Crippen LogP contribution in [0.15, 0.2) is 46.0 Å². The lowest BCUT2D eigenvalue weighted by atomic mass is 10.3. The Hall–Kier alpha value is -2.96. The van der Waals surface area contributed by atoms with E-state index in [1.165, 1.54) is 15.8 Å². The summed E-state index contributed by atoms with van der Waals surface area (Å²) in [6, 6.07) is 9.22. The number of aromatic nitrogens is 3. The van der Waals surface area contributed by atoms with Crippen LogP contribution in [0.25, 0.3) is 11.1 Å². The molecule has 7 nitrogen and oxygen atoms in total. The molecule has 0 saturated carbocycles. The molecule has 0 aliphatic heterocycles. The summed E-state index contributed by atoms with van der Waals surface area (Å²) in [5.74, 6) is -0.219. The quantitative estimate of drug-likeness (QED) is 0.729. The van der Waals surface area contributed by atoms with Crippen molar-refractivity contribution in [2.45, 2.75) is 13.5 Å². The van der Waals surface area contributed by atoms with Gasteiger partial charge in [0.1, 0.15) is 18.3 Å². The molecule has 0 unspecified atom stereocenters. The van der Waals surface area contributed by atoms with Crippen LogP contribution in [0.5, 0.6) is 0 Å². The van der Waals surface area contributed by atoms with Crippen molar-refractivity contribution < 1.29 is 9.32 Å². The lowest BCUT2D eigenvalue weighted by molar-refractivity contribution is -0.118. The SMILES string of the molecule is Cc1noc2ncn(CC(=O)N(C)c3ccccc3)c(=O)c12. The van der Waals surface area contributed by atoms with Crippen molar-refractivity contribution in [2.75, 3.05) is 11.9 Å². The van der Waals surface area contributed by atoms with Crippen molar-refractivity contribution in [3.05, 3.63) is 52.7 Å². The maximum Gasteiger partial charge on any atom is 0.267 e. The van der Waals surface area contributed by atoms with Gasteiger partial charge in [0.25, 0.3) is 11.3 Å². The van der Waals surface area contributed by atoms with E-state index < -0.39 is 0 Å². The van der Waals surface area contributed by atoms with Crippen LogP contribution in [-0.4, -0.2) is 27.7 Å². The minimum Gasteiger partial charge on any atom is -0.335 e. The second-order valence-electron chi connectivity index (χ2n) is 4.91. The van der Waals surface area contributed by atoms with Crippen LogP contribution in [0.3, 0.4) is 0 Å². The topological polar surface area (TPSA) is 81.2 Å². The van der Waals surface area contributed by atoms with Crippen molar-refractivity contribution in [2.24, 2.45) is 0 Å². The van der Waals surface area contributed by atoms with Crippen molar-refractivity contribution in [1.29, 1.82) is 0 Å². The van der Waals surface area contributed by atoms with Crippen molar-refractivity contribution >= 4 is 22.7 Å². The van der Waals surface area contributed by atoms with E-state index >= 15 is 0 Å². The summed E-state index contributed by atoms with van der Waals surface area (Å²) in [6.45, 7) is 1.56. The molecule has 1 aromatic carbocycles. The van der Waals surface area contributed by atoms with Gasteiger partial charge >= 0.3 is 0 Å². The van der Waals surface area contributed by atoms with Gasteiger partial charge in [-0.05, 0) is 19.1 Å². The first-order valence-corrected chi connectivity index (χ1v) is 6.71. The van der Waals surface area contributed by atoms with Crippen LogP contribution < -0.4 is 10.5 Å². The summed E-state index contributed by atoms with van der Waals surface area (Å²) >= 11 is 0. The zero-order valence-electron chi connectivity index (χ0n) is 12.2. The third kappa shape index (κ3) is 2.37. The van der Waals surface area contributed by atoms with E-state index in [0.717, 1.165) is 5.69 Å². The van der Waals surface area contributed by atoms with Gasteiger partial charge in [-0.25, -0.2) is 4.98 Å². The maximum atomic E-state index is 12.4. The van der Waals surface area contributed by atoms with Gasteiger partial charge in [-0.3, -0.25) is 14.2 Å². The van der Waals surface area contributed by atoms with Gasteiger partial charge < -0.3 is 9.42 Å². The predicted octanol–water partition coefficient (Wildman–Crippen LogP) is 1.36. The van der Waals surface area contributed by atoms with Crippen LogP contribution in [0, 0.1) is 6.92 Å². The molecule has 0 bridgehead atoms. The van der Waals surface area contributed by atoms with E-state index in [4.69, 9.17) is 4.52 Å².